The van der Waals surface area contributed by atoms with Crippen LogP contribution in [0.25, 0.3) is 11.3 Å². The Kier molecular flexibility index (Phi) is 6.37. The van der Waals surface area contributed by atoms with Crippen molar-refractivity contribution in [1.29, 1.82) is 0 Å². The first-order valence-corrected chi connectivity index (χ1v) is 10.4. The van der Waals surface area contributed by atoms with Crippen LogP contribution >= 0.6 is 0 Å². The van der Waals surface area contributed by atoms with Crippen molar-refractivity contribution in [2.24, 2.45) is 0 Å². The number of amides is 1. The van der Waals surface area contributed by atoms with E-state index in [0.29, 0.717) is 42.5 Å². The topological polar surface area (TPSA) is 69.0 Å². The van der Waals surface area contributed by atoms with Crippen LogP contribution in [0.1, 0.15) is 33.4 Å². The van der Waals surface area contributed by atoms with E-state index in [1.165, 1.54) is 19.1 Å². The number of carbonyl (C=O) groups is 2. The van der Waals surface area contributed by atoms with Crippen molar-refractivity contribution in [1.82, 2.24) is 4.90 Å². The summed E-state index contributed by atoms with van der Waals surface area (Å²) < 4.78 is 31.2. The maximum absolute atomic E-state index is 14.0. The highest BCUT2D eigenvalue weighted by Crippen LogP contribution is 2.26. The number of furan rings is 1. The van der Waals surface area contributed by atoms with Crippen molar-refractivity contribution in [3.05, 3.63) is 77.3 Å². The third-order valence-corrected chi connectivity index (χ3v) is 5.39. The Morgan fingerprint density at radius 3 is 2.62 bits per heavy atom. The normalized spacial score (nSPS) is 16.1. The highest BCUT2D eigenvalue weighted by atomic mass is 19.1. The summed E-state index contributed by atoms with van der Waals surface area (Å²) >= 11 is 0. The van der Waals surface area contributed by atoms with Gasteiger partial charge in [-0.15, -0.1) is 0 Å². The van der Waals surface area contributed by atoms with Crippen LogP contribution in [-0.4, -0.2) is 49.0 Å². The minimum Gasteiger partial charge on any atom is -0.491 e. The SMILES string of the molecule is CC(=O)c1ccc(OCC2CN(C(=O)c3cc(-c4ccccc4)oc3C)CCO2)cc1F. The van der Waals surface area contributed by atoms with E-state index in [1.807, 2.05) is 30.3 Å². The van der Waals surface area contributed by atoms with Gasteiger partial charge in [0.05, 0.1) is 24.3 Å². The largest absolute Gasteiger partial charge is 0.491 e. The number of Topliss-reactive ketones (excluding diaryl/α,β-unsaturated/α-hetero) is 1. The fourth-order valence-corrected chi connectivity index (χ4v) is 3.67. The monoisotopic (exact) mass is 437 g/mol. The quantitative estimate of drug-likeness (QED) is 0.531. The molecule has 166 valence electrons. The number of carbonyl (C=O) groups excluding carboxylic acids is 2. The zero-order chi connectivity index (χ0) is 22.7. The van der Waals surface area contributed by atoms with E-state index in [-0.39, 0.29) is 30.0 Å². The molecule has 0 N–H and O–H groups in total. The van der Waals surface area contributed by atoms with Crippen LogP contribution in [0.3, 0.4) is 0 Å². The Balaban J connectivity index is 1.40. The summed E-state index contributed by atoms with van der Waals surface area (Å²) in [5.41, 5.74) is 1.45. The second kappa shape index (κ2) is 9.36. The molecule has 4 rings (SSSR count). The number of halogens is 1. The number of hydrogen-bond acceptors (Lipinski definition) is 5. The summed E-state index contributed by atoms with van der Waals surface area (Å²) in [4.78, 5) is 26.2. The maximum Gasteiger partial charge on any atom is 0.257 e. The minimum absolute atomic E-state index is 0.0217. The fraction of sp³-hybridized carbons (Fsp3) is 0.280. The molecular weight excluding hydrogens is 413 g/mol. The van der Waals surface area contributed by atoms with Crippen molar-refractivity contribution in [2.75, 3.05) is 26.3 Å². The van der Waals surface area contributed by atoms with E-state index in [4.69, 9.17) is 13.9 Å². The molecule has 1 atom stereocenters. The number of ketones is 1. The molecule has 6 nitrogen and oxygen atoms in total. The van der Waals surface area contributed by atoms with Gasteiger partial charge in [-0.25, -0.2) is 4.39 Å². The standard InChI is InChI=1S/C25H24FNO5/c1-16(28)21-9-8-19(12-23(21)26)31-15-20-14-27(10-11-30-20)25(29)22-13-24(32-17(22)2)18-6-4-3-5-7-18/h3-9,12-13,20H,10-11,14-15H2,1-2H3. The van der Waals surface area contributed by atoms with E-state index in [2.05, 4.69) is 0 Å². The van der Waals surface area contributed by atoms with Gasteiger partial charge < -0.3 is 18.8 Å². The molecule has 2 heterocycles. The Labute approximate surface area is 185 Å². The van der Waals surface area contributed by atoms with Crippen molar-refractivity contribution >= 4 is 11.7 Å². The predicted molar refractivity (Wildman–Crippen MR) is 116 cm³/mol. The van der Waals surface area contributed by atoms with Crippen LogP contribution in [0.15, 0.2) is 59.0 Å². The molecule has 0 spiro atoms. The first-order valence-electron chi connectivity index (χ1n) is 10.4. The highest BCUT2D eigenvalue weighted by Gasteiger charge is 2.28. The summed E-state index contributed by atoms with van der Waals surface area (Å²) in [6, 6.07) is 15.5. The van der Waals surface area contributed by atoms with E-state index in [1.54, 1.807) is 24.0 Å². The van der Waals surface area contributed by atoms with E-state index in [9.17, 15) is 14.0 Å². The molecule has 1 fully saturated rings. The van der Waals surface area contributed by atoms with Crippen LogP contribution in [0.4, 0.5) is 4.39 Å². The molecule has 1 aromatic heterocycles. The van der Waals surface area contributed by atoms with Crippen LogP contribution < -0.4 is 4.74 Å². The van der Waals surface area contributed by atoms with Gasteiger partial charge in [0.25, 0.3) is 5.91 Å². The van der Waals surface area contributed by atoms with Crippen LogP contribution in [0, 0.1) is 12.7 Å². The van der Waals surface area contributed by atoms with Crippen LogP contribution in [0.2, 0.25) is 0 Å². The molecule has 1 saturated heterocycles. The molecule has 2 aromatic carbocycles. The summed E-state index contributed by atoms with van der Waals surface area (Å²) in [5, 5.41) is 0. The highest BCUT2D eigenvalue weighted by molar-refractivity contribution is 5.96. The summed E-state index contributed by atoms with van der Waals surface area (Å²) in [6.45, 7) is 4.42. The summed E-state index contributed by atoms with van der Waals surface area (Å²) in [6.07, 6.45) is -0.357. The van der Waals surface area contributed by atoms with Gasteiger partial charge in [0, 0.05) is 18.2 Å². The zero-order valence-electron chi connectivity index (χ0n) is 18.0. The molecular formula is C25H24FNO5. The smallest absolute Gasteiger partial charge is 0.257 e. The molecule has 0 aliphatic carbocycles. The van der Waals surface area contributed by atoms with Gasteiger partial charge >= 0.3 is 0 Å². The minimum atomic E-state index is -0.624. The number of aryl methyl sites for hydroxylation is 1. The number of hydrogen-bond donors (Lipinski definition) is 0. The number of rotatable bonds is 6. The van der Waals surface area contributed by atoms with Gasteiger partial charge in [-0.2, -0.15) is 0 Å². The first-order chi connectivity index (χ1) is 15.4. The molecule has 0 radical (unpaired) electrons. The van der Waals surface area contributed by atoms with Gasteiger partial charge in [0.15, 0.2) is 5.78 Å². The third-order valence-electron chi connectivity index (χ3n) is 5.39. The average Bonchev–Trinajstić information content (AvgIpc) is 3.19. The number of ether oxygens (including phenoxy) is 2. The van der Waals surface area contributed by atoms with Gasteiger partial charge in [0.1, 0.15) is 35.8 Å². The van der Waals surface area contributed by atoms with Crippen molar-refractivity contribution in [3.8, 4) is 17.1 Å². The maximum atomic E-state index is 14.0. The van der Waals surface area contributed by atoms with Crippen molar-refractivity contribution in [2.45, 2.75) is 20.0 Å². The van der Waals surface area contributed by atoms with Crippen LogP contribution in [-0.2, 0) is 4.74 Å². The average molecular weight is 437 g/mol. The van der Waals surface area contributed by atoms with E-state index >= 15 is 0 Å². The third kappa shape index (κ3) is 4.73. The summed E-state index contributed by atoms with van der Waals surface area (Å²) in [7, 11) is 0. The molecule has 1 amide bonds. The molecule has 0 bridgehead atoms. The lowest BCUT2D eigenvalue weighted by Gasteiger charge is -2.32. The molecule has 32 heavy (non-hydrogen) atoms. The first kappa shape index (κ1) is 21.8. The fourth-order valence-electron chi connectivity index (χ4n) is 3.67. The molecule has 1 aliphatic heterocycles. The second-order valence-corrected chi connectivity index (χ2v) is 7.70. The predicted octanol–water partition coefficient (Wildman–Crippen LogP) is 4.52. The Morgan fingerprint density at radius 1 is 1.12 bits per heavy atom. The van der Waals surface area contributed by atoms with Crippen molar-refractivity contribution in [3.63, 3.8) is 0 Å². The number of benzene rings is 2. The van der Waals surface area contributed by atoms with Gasteiger partial charge in [-0.1, -0.05) is 30.3 Å². The Hall–Kier alpha value is -3.45. The van der Waals surface area contributed by atoms with Crippen molar-refractivity contribution < 1.29 is 27.9 Å². The molecule has 3 aromatic rings. The Morgan fingerprint density at radius 2 is 1.91 bits per heavy atom. The lowest BCUT2D eigenvalue weighted by Crippen LogP contribution is -2.47. The van der Waals surface area contributed by atoms with E-state index < -0.39 is 5.82 Å². The molecule has 0 saturated carbocycles. The zero-order valence-corrected chi connectivity index (χ0v) is 18.0. The van der Waals surface area contributed by atoms with Gasteiger partial charge in [-0.3, -0.25) is 9.59 Å². The van der Waals surface area contributed by atoms with Gasteiger partial charge in [0.2, 0.25) is 0 Å². The molecule has 7 heteroatoms. The second-order valence-electron chi connectivity index (χ2n) is 7.70. The lowest BCUT2D eigenvalue weighted by molar-refractivity contribution is -0.0401. The number of nitrogens with zero attached hydrogens (tertiary/aromatic N) is 1. The van der Waals surface area contributed by atoms with Crippen LogP contribution in [0.5, 0.6) is 5.75 Å². The number of morpholine rings is 1. The van der Waals surface area contributed by atoms with Gasteiger partial charge in [-0.05, 0) is 32.0 Å². The Bertz CT molecular complexity index is 1120. The summed E-state index contributed by atoms with van der Waals surface area (Å²) in [5.74, 6) is 0.422. The van der Waals surface area contributed by atoms with E-state index in [0.717, 1.165) is 5.56 Å². The lowest BCUT2D eigenvalue weighted by atomic mass is 10.1. The molecule has 1 aliphatic rings. The molecule has 1 unspecified atom stereocenters.